The van der Waals surface area contributed by atoms with Gasteiger partial charge in [0.25, 0.3) is 0 Å². The molecule has 4 nitrogen and oxygen atoms in total. The summed E-state index contributed by atoms with van der Waals surface area (Å²) in [6, 6.07) is 3.76. The van der Waals surface area contributed by atoms with Crippen LogP contribution >= 0.6 is 0 Å². The fourth-order valence-corrected chi connectivity index (χ4v) is 2.39. The summed E-state index contributed by atoms with van der Waals surface area (Å²) in [4.78, 5) is 11.5. The first kappa shape index (κ1) is 11.4. The Morgan fingerprint density at radius 3 is 3.17 bits per heavy atom. The zero-order valence-corrected chi connectivity index (χ0v) is 10.6. The standard InChI is InChI=1S/C14H17N3O/c1-2-6-17-7-5-11-9-15-14(16-12(11)10-17)13-4-3-8-18-13/h3-4,8-9H,2,5-7,10H2,1H3. The Balaban J connectivity index is 1.88. The van der Waals surface area contributed by atoms with Gasteiger partial charge >= 0.3 is 0 Å². The molecule has 0 fully saturated rings. The van der Waals surface area contributed by atoms with Gasteiger partial charge in [0.15, 0.2) is 11.6 Å². The Morgan fingerprint density at radius 2 is 2.39 bits per heavy atom. The van der Waals surface area contributed by atoms with Crippen LogP contribution in [0.25, 0.3) is 11.6 Å². The van der Waals surface area contributed by atoms with Crippen LogP contribution in [0.1, 0.15) is 24.6 Å². The van der Waals surface area contributed by atoms with E-state index in [-0.39, 0.29) is 0 Å². The highest BCUT2D eigenvalue weighted by molar-refractivity contribution is 5.46. The van der Waals surface area contributed by atoms with Crippen molar-refractivity contribution in [3.63, 3.8) is 0 Å². The number of hydrogen-bond acceptors (Lipinski definition) is 4. The van der Waals surface area contributed by atoms with Gasteiger partial charge in [-0.2, -0.15) is 0 Å². The number of furan rings is 1. The highest BCUT2D eigenvalue weighted by Gasteiger charge is 2.18. The van der Waals surface area contributed by atoms with Crippen molar-refractivity contribution < 1.29 is 4.42 Å². The molecule has 94 valence electrons. The van der Waals surface area contributed by atoms with E-state index in [1.807, 2.05) is 18.3 Å². The lowest BCUT2D eigenvalue weighted by atomic mass is 10.1. The second-order valence-corrected chi connectivity index (χ2v) is 4.67. The zero-order valence-electron chi connectivity index (χ0n) is 10.6. The fourth-order valence-electron chi connectivity index (χ4n) is 2.39. The van der Waals surface area contributed by atoms with Crippen molar-refractivity contribution in [2.45, 2.75) is 26.3 Å². The van der Waals surface area contributed by atoms with Gasteiger partial charge < -0.3 is 4.42 Å². The quantitative estimate of drug-likeness (QED) is 0.830. The molecule has 0 radical (unpaired) electrons. The molecule has 0 aliphatic carbocycles. The lowest BCUT2D eigenvalue weighted by Gasteiger charge is -2.27. The summed E-state index contributed by atoms with van der Waals surface area (Å²) in [5.74, 6) is 1.43. The Labute approximate surface area is 107 Å². The molecular weight excluding hydrogens is 226 g/mol. The lowest BCUT2D eigenvalue weighted by Crippen LogP contribution is -2.32. The van der Waals surface area contributed by atoms with E-state index in [0.29, 0.717) is 5.82 Å². The molecule has 1 aliphatic rings. The van der Waals surface area contributed by atoms with Gasteiger partial charge in [0.05, 0.1) is 12.0 Å². The van der Waals surface area contributed by atoms with E-state index in [9.17, 15) is 0 Å². The van der Waals surface area contributed by atoms with Gasteiger partial charge in [0.2, 0.25) is 0 Å². The summed E-state index contributed by atoms with van der Waals surface area (Å²) in [7, 11) is 0. The predicted molar refractivity (Wildman–Crippen MR) is 69.0 cm³/mol. The van der Waals surface area contributed by atoms with Crippen LogP contribution in [0.3, 0.4) is 0 Å². The summed E-state index contributed by atoms with van der Waals surface area (Å²) in [6.07, 6.45) is 5.84. The van der Waals surface area contributed by atoms with E-state index in [1.54, 1.807) is 6.26 Å². The highest BCUT2D eigenvalue weighted by Crippen LogP contribution is 2.21. The first-order valence-corrected chi connectivity index (χ1v) is 6.48. The molecule has 2 aromatic heterocycles. The van der Waals surface area contributed by atoms with Crippen molar-refractivity contribution in [3.8, 4) is 11.6 Å². The van der Waals surface area contributed by atoms with Gasteiger partial charge in [-0.25, -0.2) is 9.97 Å². The van der Waals surface area contributed by atoms with E-state index < -0.39 is 0 Å². The van der Waals surface area contributed by atoms with Crippen molar-refractivity contribution in [2.24, 2.45) is 0 Å². The molecular formula is C14H17N3O. The Kier molecular flexibility index (Phi) is 3.11. The van der Waals surface area contributed by atoms with Gasteiger partial charge in [-0.15, -0.1) is 0 Å². The van der Waals surface area contributed by atoms with E-state index >= 15 is 0 Å². The lowest BCUT2D eigenvalue weighted by molar-refractivity contribution is 0.250. The van der Waals surface area contributed by atoms with Crippen LogP contribution in [0, 0.1) is 0 Å². The van der Waals surface area contributed by atoms with Crippen molar-refractivity contribution in [3.05, 3.63) is 35.9 Å². The Bertz CT molecular complexity index is 522. The second kappa shape index (κ2) is 4.90. The SMILES string of the molecule is CCCN1CCc2cnc(-c3ccco3)nc2C1. The molecule has 0 spiro atoms. The van der Waals surface area contributed by atoms with Crippen molar-refractivity contribution >= 4 is 0 Å². The molecule has 2 aromatic rings. The number of aromatic nitrogens is 2. The van der Waals surface area contributed by atoms with Crippen LogP contribution in [-0.4, -0.2) is 28.0 Å². The van der Waals surface area contributed by atoms with Crippen molar-refractivity contribution in [2.75, 3.05) is 13.1 Å². The van der Waals surface area contributed by atoms with Crippen molar-refractivity contribution in [1.29, 1.82) is 0 Å². The normalized spacial score (nSPS) is 15.6. The van der Waals surface area contributed by atoms with Crippen LogP contribution in [0.2, 0.25) is 0 Å². The summed E-state index contributed by atoms with van der Waals surface area (Å²) in [5, 5.41) is 0. The number of hydrogen-bond donors (Lipinski definition) is 0. The minimum absolute atomic E-state index is 0.692. The number of rotatable bonds is 3. The first-order chi connectivity index (χ1) is 8.86. The fraction of sp³-hybridized carbons (Fsp3) is 0.429. The Hall–Kier alpha value is -1.68. The van der Waals surface area contributed by atoms with Gasteiger partial charge in [-0.05, 0) is 37.1 Å². The second-order valence-electron chi connectivity index (χ2n) is 4.67. The van der Waals surface area contributed by atoms with Crippen LogP contribution in [0.15, 0.2) is 29.0 Å². The van der Waals surface area contributed by atoms with Gasteiger partial charge in [0.1, 0.15) is 0 Å². The molecule has 0 saturated heterocycles. The molecule has 3 heterocycles. The first-order valence-electron chi connectivity index (χ1n) is 6.48. The van der Waals surface area contributed by atoms with Gasteiger partial charge in [0, 0.05) is 19.3 Å². The van der Waals surface area contributed by atoms with E-state index in [4.69, 9.17) is 4.42 Å². The minimum Gasteiger partial charge on any atom is -0.461 e. The molecule has 1 aliphatic heterocycles. The third kappa shape index (κ3) is 2.16. The number of fused-ring (bicyclic) bond motifs is 1. The Morgan fingerprint density at radius 1 is 1.44 bits per heavy atom. The third-order valence-corrected chi connectivity index (χ3v) is 3.31. The maximum atomic E-state index is 5.35. The molecule has 3 rings (SSSR count). The third-order valence-electron chi connectivity index (χ3n) is 3.31. The number of nitrogens with zero attached hydrogens (tertiary/aromatic N) is 3. The van der Waals surface area contributed by atoms with E-state index in [0.717, 1.165) is 37.5 Å². The van der Waals surface area contributed by atoms with E-state index in [1.165, 1.54) is 12.0 Å². The van der Waals surface area contributed by atoms with Gasteiger partial charge in [-0.1, -0.05) is 6.92 Å². The van der Waals surface area contributed by atoms with Gasteiger partial charge in [-0.3, -0.25) is 4.90 Å². The highest BCUT2D eigenvalue weighted by atomic mass is 16.3. The summed E-state index contributed by atoms with van der Waals surface area (Å²) in [6.45, 7) is 5.40. The molecule has 0 N–H and O–H groups in total. The summed E-state index contributed by atoms with van der Waals surface area (Å²) < 4.78 is 5.35. The van der Waals surface area contributed by atoms with Crippen LogP contribution in [-0.2, 0) is 13.0 Å². The molecule has 4 heteroatoms. The monoisotopic (exact) mass is 243 g/mol. The topological polar surface area (TPSA) is 42.2 Å². The average Bonchev–Trinajstić information content (AvgIpc) is 2.92. The summed E-state index contributed by atoms with van der Waals surface area (Å²) in [5.41, 5.74) is 2.42. The van der Waals surface area contributed by atoms with Crippen LogP contribution < -0.4 is 0 Å². The average molecular weight is 243 g/mol. The summed E-state index contributed by atoms with van der Waals surface area (Å²) >= 11 is 0. The molecule has 18 heavy (non-hydrogen) atoms. The van der Waals surface area contributed by atoms with Crippen LogP contribution in [0.5, 0.6) is 0 Å². The predicted octanol–water partition coefficient (Wildman–Crippen LogP) is 2.50. The zero-order chi connectivity index (χ0) is 12.4. The molecule has 0 aromatic carbocycles. The van der Waals surface area contributed by atoms with Crippen molar-refractivity contribution in [1.82, 2.24) is 14.9 Å². The molecule has 0 amide bonds. The van der Waals surface area contributed by atoms with Crippen LogP contribution in [0.4, 0.5) is 0 Å². The largest absolute Gasteiger partial charge is 0.461 e. The van der Waals surface area contributed by atoms with E-state index in [2.05, 4.69) is 21.8 Å². The molecule has 0 saturated carbocycles. The molecule has 0 unspecified atom stereocenters. The maximum absolute atomic E-state index is 5.35. The molecule has 0 atom stereocenters. The smallest absolute Gasteiger partial charge is 0.195 e. The molecule has 0 bridgehead atoms. The maximum Gasteiger partial charge on any atom is 0.195 e. The minimum atomic E-state index is 0.692.